The van der Waals surface area contributed by atoms with E-state index in [1.807, 2.05) is 17.5 Å². The molecule has 2 aromatic rings. The Morgan fingerprint density at radius 1 is 1.48 bits per heavy atom. The van der Waals surface area contributed by atoms with Crippen LogP contribution in [-0.4, -0.2) is 21.6 Å². The minimum Gasteiger partial charge on any atom is -0.390 e. The average Bonchev–Trinajstić information content (AvgIpc) is 2.96. The molecule has 1 unspecified atom stereocenters. The third-order valence-electron chi connectivity index (χ3n) is 4.12. The van der Waals surface area contributed by atoms with Crippen LogP contribution in [0.3, 0.4) is 0 Å². The number of aliphatic hydroxyl groups is 1. The van der Waals surface area contributed by atoms with Crippen molar-refractivity contribution in [2.75, 3.05) is 11.4 Å². The monoisotopic (exact) mass is 303 g/mol. The van der Waals surface area contributed by atoms with Gasteiger partial charge in [-0.25, -0.2) is 9.97 Å². The van der Waals surface area contributed by atoms with Crippen molar-refractivity contribution in [3.8, 4) is 0 Å². The molecule has 3 rings (SSSR count). The molecule has 0 saturated carbocycles. The molecule has 1 aliphatic heterocycles. The predicted molar refractivity (Wildman–Crippen MR) is 85.8 cm³/mol. The average molecular weight is 303 g/mol. The first kappa shape index (κ1) is 14.5. The lowest BCUT2D eigenvalue weighted by molar-refractivity contribution is 0.276. The van der Waals surface area contributed by atoms with Gasteiger partial charge in [-0.05, 0) is 30.4 Å². The molecule has 1 atom stereocenters. The van der Waals surface area contributed by atoms with Crippen molar-refractivity contribution in [2.45, 2.75) is 45.8 Å². The highest BCUT2D eigenvalue weighted by atomic mass is 32.1. The summed E-state index contributed by atoms with van der Waals surface area (Å²) in [5.74, 6) is 1.07. The Bertz CT molecular complexity index is 638. The van der Waals surface area contributed by atoms with Crippen molar-refractivity contribution < 1.29 is 5.11 Å². The van der Waals surface area contributed by atoms with E-state index in [0.29, 0.717) is 6.04 Å². The summed E-state index contributed by atoms with van der Waals surface area (Å²) in [5, 5.41) is 11.8. The maximum Gasteiger partial charge on any atom is 0.131 e. The van der Waals surface area contributed by atoms with Gasteiger partial charge in [0.15, 0.2) is 0 Å². The van der Waals surface area contributed by atoms with Crippen molar-refractivity contribution >= 4 is 17.0 Å². The van der Waals surface area contributed by atoms with Crippen molar-refractivity contribution in [3.63, 3.8) is 0 Å². The van der Waals surface area contributed by atoms with E-state index in [4.69, 9.17) is 0 Å². The highest BCUT2D eigenvalue weighted by Crippen LogP contribution is 2.36. The highest BCUT2D eigenvalue weighted by molar-refractivity contribution is 7.10. The Labute approximate surface area is 129 Å². The van der Waals surface area contributed by atoms with Crippen LogP contribution in [0.5, 0.6) is 0 Å². The summed E-state index contributed by atoms with van der Waals surface area (Å²) in [6.07, 6.45) is 2.93. The van der Waals surface area contributed by atoms with Crippen molar-refractivity contribution in [1.29, 1.82) is 0 Å². The van der Waals surface area contributed by atoms with E-state index in [9.17, 15) is 5.11 Å². The Hall–Kier alpha value is -1.46. The summed E-state index contributed by atoms with van der Waals surface area (Å²) in [4.78, 5) is 12.8. The second-order valence-corrected chi connectivity index (χ2v) is 6.79. The second-order valence-electron chi connectivity index (χ2n) is 5.79. The number of anilines is 1. The summed E-state index contributed by atoms with van der Waals surface area (Å²) in [7, 11) is 0. The van der Waals surface area contributed by atoms with E-state index in [1.54, 1.807) is 0 Å². The number of hydrogen-bond donors (Lipinski definition) is 1. The molecule has 0 bridgehead atoms. The molecule has 0 aromatic carbocycles. The zero-order valence-electron chi connectivity index (χ0n) is 12.7. The van der Waals surface area contributed by atoms with E-state index in [2.05, 4.69) is 47.1 Å². The molecule has 0 radical (unpaired) electrons. The van der Waals surface area contributed by atoms with Crippen molar-refractivity contribution in [3.05, 3.63) is 39.6 Å². The molecular weight excluding hydrogens is 282 g/mol. The van der Waals surface area contributed by atoms with E-state index < -0.39 is 0 Å². The Morgan fingerprint density at radius 3 is 3.00 bits per heavy atom. The SMILES string of the molecule is CC(C)c1ncc(N2CCc3sccc3C2C)c(CO)n1. The number of aromatic nitrogens is 2. The van der Waals surface area contributed by atoms with Crippen LogP contribution in [0.15, 0.2) is 17.6 Å². The third kappa shape index (κ3) is 2.56. The molecule has 112 valence electrons. The lowest BCUT2D eigenvalue weighted by atomic mass is 10.0. The predicted octanol–water partition coefficient (Wildman–Crippen LogP) is 3.28. The maximum atomic E-state index is 9.68. The van der Waals surface area contributed by atoms with Gasteiger partial charge in [-0.2, -0.15) is 0 Å². The molecule has 2 aromatic heterocycles. The molecule has 0 aliphatic carbocycles. The van der Waals surface area contributed by atoms with Gasteiger partial charge in [-0.3, -0.25) is 0 Å². The minimum absolute atomic E-state index is 0.0444. The zero-order valence-corrected chi connectivity index (χ0v) is 13.5. The van der Waals surface area contributed by atoms with Crippen LogP contribution in [0.4, 0.5) is 5.69 Å². The van der Waals surface area contributed by atoms with Crippen LogP contribution >= 0.6 is 11.3 Å². The normalized spacial score (nSPS) is 18.1. The number of rotatable bonds is 3. The first-order valence-corrected chi connectivity index (χ1v) is 8.29. The Kier molecular flexibility index (Phi) is 3.95. The third-order valence-corrected chi connectivity index (χ3v) is 5.11. The molecule has 3 heterocycles. The second kappa shape index (κ2) is 5.73. The van der Waals surface area contributed by atoms with E-state index in [1.165, 1.54) is 10.4 Å². The van der Waals surface area contributed by atoms with Crippen LogP contribution in [0, 0.1) is 0 Å². The van der Waals surface area contributed by atoms with Crippen LogP contribution < -0.4 is 4.90 Å². The smallest absolute Gasteiger partial charge is 0.131 e. The van der Waals surface area contributed by atoms with Gasteiger partial charge in [0.25, 0.3) is 0 Å². The number of thiophene rings is 1. The van der Waals surface area contributed by atoms with Gasteiger partial charge >= 0.3 is 0 Å². The number of hydrogen-bond acceptors (Lipinski definition) is 5. The summed E-state index contributed by atoms with van der Waals surface area (Å²) in [6.45, 7) is 7.25. The maximum absolute atomic E-state index is 9.68. The molecule has 4 nitrogen and oxygen atoms in total. The molecule has 0 amide bonds. The van der Waals surface area contributed by atoms with E-state index in [0.717, 1.165) is 30.2 Å². The lowest BCUT2D eigenvalue weighted by Gasteiger charge is -2.36. The summed E-state index contributed by atoms with van der Waals surface area (Å²) < 4.78 is 0. The lowest BCUT2D eigenvalue weighted by Crippen LogP contribution is -2.34. The summed E-state index contributed by atoms with van der Waals surface area (Å²) in [5.41, 5.74) is 3.09. The molecule has 5 heteroatoms. The van der Waals surface area contributed by atoms with Gasteiger partial charge in [0, 0.05) is 17.3 Å². The number of fused-ring (bicyclic) bond motifs is 1. The van der Waals surface area contributed by atoms with Crippen LogP contribution in [0.1, 0.15) is 54.7 Å². The van der Waals surface area contributed by atoms with Crippen LogP contribution in [0.25, 0.3) is 0 Å². The minimum atomic E-state index is -0.0444. The molecule has 0 fully saturated rings. The highest BCUT2D eigenvalue weighted by Gasteiger charge is 2.27. The Balaban J connectivity index is 1.97. The fourth-order valence-corrected chi connectivity index (χ4v) is 3.86. The van der Waals surface area contributed by atoms with Gasteiger partial charge in [-0.15, -0.1) is 11.3 Å². The van der Waals surface area contributed by atoms with Gasteiger partial charge in [0.1, 0.15) is 5.82 Å². The molecule has 21 heavy (non-hydrogen) atoms. The first-order valence-electron chi connectivity index (χ1n) is 7.41. The van der Waals surface area contributed by atoms with Gasteiger partial charge in [-0.1, -0.05) is 13.8 Å². The molecule has 1 aliphatic rings. The van der Waals surface area contributed by atoms with Crippen LogP contribution in [0.2, 0.25) is 0 Å². The summed E-state index contributed by atoms with van der Waals surface area (Å²) >= 11 is 1.84. The van der Waals surface area contributed by atoms with Gasteiger partial charge in [0.05, 0.1) is 30.2 Å². The zero-order chi connectivity index (χ0) is 15.0. The number of aliphatic hydroxyl groups excluding tert-OH is 1. The van der Waals surface area contributed by atoms with E-state index >= 15 is 0 Å². The fourth-order valence-electron chi connectivity index (χ4n) is 2.90. The largest absolute Gasteiger partial charge is 0.390 e. The molecule has 1 N–H and O–H groups in total. The van der Waals surface area contributed by atoms with Crippen molar-refractivity contribution in [1.82, 2.24) is 9.97 Å². The Morgan fingerprint density at radius 2 is 2.29 bits per heavy atom. The fraction of sp³-hybridized carbons (Fsp3) is 0.500. The topological polar surface area (TPSA) is 49.2 Å². The molecular formula is C16H21N3OS. The summed E-state index contributed by atoms with van der Waals surface area (Å²) in [6, 6.07) is 2.51. The standard InChI is InChI=1S/C16H21N3OS/c1-10(2)16-17-8-14(13(9-20)18-16)19-6-4-15-12(11(19)3)5-7-21-15/h5,7-8,10-11,20H,4,6,9H2,1-3H3. The first-order chi connectivity index (χ1) is 10.1. The molecule has 0 spiro atoms. The van der Waals surface area contributed by atoms with Crippen molar-refractivity contribution in [2.24, 2.45) is 0 Å². The molecule has 0 saturated heterocycles. The van der Waals surface area contributed by atoms with Gasteiger partial charge in [0.2, 0.25) is 0 Å². The van der Waals surface area contributed by atoms with Gasteiger partial charge < -0.3 is 10.0 Å². The number of nitrogens with zero attached hydrogens (tertiary/aromatic N) is 3. The van der Waals surface area contributed by atoms with Crippen LogP contribution in [-0.2, 0) is 13.0 Å². The van der Waals surface area contributed by atoms with E-state index in [-0.39, 0.29) is 12.5 Å². The quantitative estimate of drug-likeness (QED) is 0.945.